The summed E-state index contributed by atoms with van der Waals surface area (Å²) in [5.41, 5.74) is 0.0513. The first-order valence-corrected chi connectivity index (χ1v) is 10.7. The van der Waals surface area contributed by atoms with Crippen LogP contribution < -0.4 is 15.8 Å². The fraction of sp³-hybridized carbons (Fsp3) is 0.400. The van der Waals surface area contributed by atoms with Crippen molar-refractivity contribution in [1.29, 1.82) is 0 Å². The summed E-state index contributed by atoms with van der Waals surface area (Å²) >= 11 is 1.02. The van der Waals surface area contributed by atoms with Gasteiger partial charge in [0.1, 0.15) is 11.9 Å². The van der Waals surface area contributed by atoms with Crippen LogP contribution in [-0.4, -0.2) is 33.0 Å². The van der Waals surface area contributed by atoms with E-state index in [1.165, 1.54) is 12.1 Å². The molecule has 11 heteroatoms. The summed E-state index contributed by atoms with van der Waals surface area (Å²) in [6.07, 6.45) is -1.56. The maximum Gasteiger partial charge on any atom is 0.295 e. The molecular formula is C20H20F3N5O2S. The first-order valence-electron chi connectivity index (χ1n) is 9.87. The molecular weight excluding hydrogens is 431 g/mol. The summed E-state index contributed by atoms with van der Waals surface area (Å²) in [4.78, 5) is 35.6. The lowest BCUT2D eigenvalue weighted by Crippen LogP contribution is -2.43. The summed E-state index contributed by atoms with van der Waals surface area (Å²) in [5.74, 6) is -1.20. The number of carbonyl (C=O) groups excluding carboxylic acids is 1. The second kappa shape index (κ2) is 8.66. The van der Waals surface area contributed by atoms with E-state index in [0.717, 1.165) is 22.3 Å². The Labute approximate surface area is 179 Å². The standard InChI is InChI=1S/C20H20F3N5O2S/c1-2-27-16(15(22)23)26-18-14(19(27)30)25-20(31-18)28-8-4-7-13(28)17(29)24-10-11-5-3-6-12(21)9-11/h3,5-6,9,13,15H,2,4,7-8,10H2,1H3,(H,24,29). The molecule has 1 amide bonds. The van der Waals surface area contributed by atoms with Gasteiger partial charge in [0.25, 0.3) is 12.0 Å². The van der Waals surface area contributed by atoms with Gasteiger partial charge in [-0.3, -0.25) is 14.2 Å². The third kappa shape index (κ3) is 4.14. The van der Waals surface area contributed by atoms with Gasteiger partial charge in [-0.05, 0) is 37.5 Å². The van der Waals surface area contributed by atoms with Gasteiger partial charge in [0, 0.05) is 19.6 Å². The van der Waals surface area contributed by atoms with Gasteiger partial charge in [0.15, 0.2) is 21.3 Å². The number of hydrogen-bond acceptors (Lipinski definition) is 6. The largest absolute Gasteiger partial charge is 0.350 e. The predicted molar refractivity (Wildman–Crippen MR) is 111 cm³/mol. The fourth-order valence-corrected chi connectivity index (χ4v) is 4.74. The highest BCUT2D eigenvalue weighted by Gasteiger charge is 2.33. The monoisotopic (exact) mass is 451 g/mol. The van der Waals surface area contributed by atoms with E-state index in [4.69, 9.17) is 0 Å². The van der Waals surface area contributed by atoms with Gasteiger partial charge in [-0.15, -0.1) is 0 Å². The number of carbonyl (C=O) groups is 1. The maximum absolute atomic E-state index is 13.3. The number of alkyl halides is 2. The van der Waals surface area contributed by atoms with Crippen LogP contribution in [0.2, 0.25) is 0 Å². The number of anilines is 1. The summed E-state index contributed by atoms with van der Waals surface area (Å²) in [6, 6.07) is 5.46. The number of hydrogen-bond donors (Lipinski definition) is 1. The number of nitrogens with zero attached hydrogens (tertiary/aromatic N) is 4. The SMILES string of the molecule is CCn1c(C(F)F)nc2sc(N3CCCC3C(=O)NCc3cccc(F)c3)nc2c1=O. The molecule has 164 valence electrons. The highest BCUT2D eigenvalue weighted by atomic mass is 32.1. The van der Waals surface area contributed by atoms with E-state index in [2.05, 4.69) is 15.3 Å². The van der Waals surface area contributed by atoms with Gasteiger partial charge in [0.2, 0.25) is 5.91 Å². The van der Waals surface area contributed by atoms with Crippen LogP contribution >= 0.6 is 11.3 Å². The molecule has 1 unspecified atom stereocenters. The van der Waals surface area contributed by atoms with Gasteiger partial charge in [-0.25, -0.2) is 23.1 Å². The van der Waals surface area contributed by atoms with Crippen LogP contribution in [0.15, 0.2) is 29.1 Å². The van der Waals surface area contributed by atoms with Crippen molar-refractivity contribution < 1.29 is 18.0 Å². The number of halogens is 3. The number of benzene rings is 1. The zero-order valence-corrected chi connectivity index (χ0v) is 17.5. The predicted octanol–water partition coefficient (Wildman–Crippen LogP) is 3.23. The van der Waals surface area contributed by atoms with E-state index in [1.807, 2.05) is 0 Å². The first kappa shape index (κ1) is 21.3. The number of amides is 1. The Morgan fingerprint density at radius 3 is 2.87 bits per heavy atom. The van der Waals surface area contributed by atoms with E-state index in [9.17, 15) is 22.8 Å². The molecule has 2 aromatic heterocycles. The van der Waals surface area contributed by atoms with Crippen LogP contribution in [0.1, 0.15) is 37.6 Å². The van der Waals surface area contributed by atoms with Crippen molar-refractivity contribution >= 4 is 32.7 Å². The zero-order valence-electron chi connectivity index (χ0n) is 16.6. The van der Waals surface area contributed by atoms with Crippen LogP contribution in [-0.2, 0) is 17.9 Å². The van der Waals surface area contributed by atoms with Crippen molar-refractivity contribution in [2.45, 2.75) is 45.3 Å². The summed E-state index contributed by atoms with van der Waals surface area (Å²) in [7, 11) is 0. The molecule has 31 heavy (non-hydrogen) atoms. The Morgan fingerprint density at radius 1 is 1.35 bits per heavy atom. The molecule has 1 aliphatic heterocycles. The Hall–Kier alpha value is -2.95. The quantitative estimate of drug-likeness (QED) is 0.623. The summed E-state index contributed by atoms with van der Waals surface area (Å²) in [6.45, 7) is 2.37. The summed E-state index contributed by atoms with van der Waals surface area (Å²) < 4.78 is 40.9. The minimum atomic E-state index is -2.88. The molecule has 0 spiro atoms. The van der Waals surface area contributed by atoms with E-state index >= 15 is 0 Å². The normalized spacial score (nSPS) is 16.4. The third-order valence-electron chi connectivity index (χ3n) is 5.21. The first-order chi connectivity index (χ1) is 14.9. The van der Waals surface area contributed by atoms with E-state index in [-0.39, 0.29) is 35.2 Å². The lowest BCUT2D eigenvalue weighted by molar-refractivity contribution is -0.122. The average molecular weight is 451 g/mol. The highest BCUT2D eigenvalue weighted by molar-refractivity contribution is 7.21. The molecule has 0 radical (unpaired) electrons. The van der Waals surface area contributed by atoms with Crippen molar-refractivity contribution in [3.05, 3.63) is 51.8 Å². The highest BCUT2D eigenvalue weighted by Crippen LogP contribution is 2.32. The molecule has 3 aromatic rings. The number of fused-ring (bicyclic) bond motifs is 1. The van der Waals surface area contributed by atoms with Crippen LogP contribution in [0, 0.1) is 5.82 Å². The smallest absolute Gasteiger partial charge is 0.295 e. The molecule has 3 heterocycles. The van der Waals surface area contributed by atoms with Crippen LogP contribution in [0.25, 0.3) is 10.3 Å². The Morgan fingerprint density at radius 2 is 2.16 bits per heavy atom. The second-order valence-electron chi connectivity index (χ2n) is 7.17. The van der Waals surface area contributed by atoms with Crippen molar-refractivity contribution in [2.24, 2.45) is 0 Å². The third-order valence-corrected chi connectivity index (χ3v) is 6.19. The molecule has 1 atom stereocenters. The molecule has 1 fully saturated rings. The van der Waals surface area contributed by atoms with Gasteiger partial charge >= 0.3 is 0 Å². The molecule has 1 saturated heterocycles. The van der Waals surface area contributed by atoms with Gasteiger partial charge in [-0.2, -0.15) is 0 Å². The summed E-state index contributed by atoms with van der Waals surface area (Å²) in [5, 5.41) is 3.20. The number of rotatable bonds is 6. The molecule has 1 aromatic carbocycles. The number of thiazole rings is 1. The average Bonchev–Trinajstić information content (AvgIpc) is 3.39. The van der Waals surface area contributed by atoms with E-state index in [0.29, 0.717) is 23.7 Å². The molecule has 4 rings (SSSR count). The minimum absolute atomic E-state index is 0.0251. The fourth-order valence-electron chi connectivity index (χ4n) is 3.73. The Balaban J connectivity index is 1.58. The molecule has 1 aliphatic rings. The van der Waals surface area contributed by atoms with Gasteiger partial charge in [-0.1, -0.05) is 23.5 Å². The zero-order chi connectivity index (χ0) is 22.1. The van der Waals surface area contributed by atoms with Crippen molar-refractivity contribution in [2.75, 3.05) is 11.4 Å². The van der Waals surface area contributed by atoms with Gasteiger partial charge in [0.05, 0.1) is 0 Å². The van der Waals surface area contributed by atoms with Crippen LogP contribution in [0.5, 0.6) is 0 Å². The second-order valence-corrected chi connectivity index (χ2v) is 8.13. The molecule has 0 saturated carbocycles. The van der Waals surface area contributed by atoms with Crippen LogP contribution in [0.3, 0.4) is 0 Å². The minimum Gasteiger partial charge on any atom is -0.350 e. The Kier molecular flexibility index (Phi) is 5.94. The molecule has 0 aliphatic carbocycles. The topological polar surface area (TPSA) is 80.1 Å². The number of nitrogens with one attached hydrogen (secondary N) is 1. The maximum atomic E-state index is 13.3. The Bertz CT molecular complexity index is 1180. The van der Waals surface area contributed by atoms with Crippen molar-refractivity contribution in [1.82, 2.24) is 19.9 Å². The molecule has 1 N–H and O–H groups in total. The molecule has 7 nitrogen and oxygen atoms in total. The lowest BCUT2D eigenvalue weighted by atomic mass is 10.2. The van der Waals surface area contributed by atoms with Crippen LogP contribution in [0.4, 0.5) is 18.3 Å². The van der Waals surface area contributed by atoms with Gasteiger partial charge < -0.3 is 10.2 Å². The lowest BCUT2D eigenvalue weighted by Gasteiger charge is -2.23. The molecule has 0 bridgehead atoms. The van der Waals surface area contributed by atoms with E-state index < -0.39 is 23.9 Å². The van der Waals surface area contributed by atoms with Crippen molar-refractivity contribution in [3.8, 4) is 0 Å². The number of aromatic nitrogens is 3. The van der Waals surface area contributed by atoms with Crippen molar-refractivity contribution in [3.63, 3.8) is 0 Å². The van der Waals surface area contributed by atoms with E-state index in [1.54, 1.807) is 24.0 Å².